The van der Waals surface area contributed by atoms with Crippen molar-refractivity contribution in [2.24, 2.45) is 23.5 Å². The Hall–Kier alpha value is -3.63. The molecular weight excluding hydrogens is 785 g/mol. The number of nitrogens with one attached hydrogen (secondary N) is 2. The van der Waals surface area contributed by atoms with E-state index < -0.39 is 36.0 Å². The molecule has 7 unspecified atom stereocenters. The van der Waals surface area contributed by atoms with Crippen molar-refractivity contribution in [2.45, 2.75) is 143 Å². The van der Waals surface area contributed by atoms with Crippen LogP contribution < -0.4 is 21.1 Å². The highest BCUT2D eigenvalue weighted by Gasteiger charge is 2.38. The second-order valence-electron chi connectivity index (χ2n) is 16.6. The summed E-state index contributed by atoms with van der Waals surface area (Å²) in [6.45, 7) is 16.6. The van der Waals surface area contributed by atoms with Crippen LogP contribution in [-0.4, -0.2) is 114 Å². The van der Waals surface area contributed by atoms with Gasteiger partial charge in [-0.05, 0) is 102 Å². The highest BCUT2D eigenvalue weighted by atomic mass is 32.1. The number of carboxylic acid groups (broad SMARTS) is 1. The van der Waals surface area contributed by atoms with Crippen LogP contribution >= 0.6 is 11.3 Å². The number of likely N-dealkylation sites (tertiary alicyclic amines) is 1. The highest BCUT2D eigenvalue weighted by Crippen LogP contribution is 2.32. The van der Waals surface area contributed by atoms with Crippen LogP contribution in [0.1, 0.15) is 133 Å². The Bertz CT molecular complexity index is 1590. The topological polar surface area (TPSA) is 186 Å². The molecule has 0 radical (unpaired) electrons. The second kappa shape index (κ2) is 26.6. The average molecular weight is 859 g/mol. The number of unbranched alkanes of at least 4 members (excludes halogenated alkanes) is 1. The number of carboxylic acids is 1. The minimum atomic E-state index is -0.936. The van der Waals surface area contributed by atoms with Crippen LogP contribution in [0.2, 0.25) is 0 Å². The molecule has 15 heteroatoms. The summed E-state index contributed by atoms with van der Waals surface area (Å²) >= 11 is 1.32. The van der Waals surface area contributed by atoms with Crippen LogP contribution in [0.25, 0.3) is 0 Å². The lowest BCUT2D eigenvalue weighted by molar-refractivity contribution is -0.149. The van der Waals surface area contributed by atoms with E-state index in [1.165, 1.54) is 11.3 Å². The smallest absolute Gasteiger partial charge is 0.306 e. The molecule has 3 amide bonds. The lowest BCUT2D eigenvalue weighted by Crippen LogP contribution is -2.59. The Kier molecular flexibility index (Phi) is 22.5. The number of hydrogen-bond acceptors (Lipinski definition) is 11. The number of nitrogens with two attached hydrogens (primary N) is 1. The van der Waals surface area contributed by atoms with E-state index in [1.807, 2.05) is 59.0 Å². The Morgan fingerprint density at radius 1 is 1.02 bits per heavy atom. The first kappa shape index (κ1) is 50.7. The van der Waals surface area contributed by atoms with E-state index >= 15 is 0 Å². The maximum Gasteiger partial charge on any atom is 0.306 e. The predicted molar refractivity (Wildman–Crippen MR) is 236 cm³/mol. The fourth-order valence-electron chi connectivity index (χ4n) is 7.47. The van der Waals surface area contributed by atoms with Crippen molar-refractivity contribution < 1.29 is 38.5 Å². The number of hydrogen-bond donors (Lipinski definition) is 4. The molecule has 0 bridgehead atoms. The van der Waals surface area contributed by atoms with Gasteiger partial charge in [-0.3, -0.25) is 24.1 Å². The first-order chi connectivity index (χ1) is 28.7. The summed E-state index contributed by atoms with van der Waals surface area (Å²) in [4.78, 5) is 62.7. The third-order valence-electron chi connectivity index (χ3n) is 11.4. The zero-order valence-corrected chi connectivity index (χ0v) is 38.3. The number of carbonyl (C=O) groups excluding carboxylic acids is 3. The average Bonchev–Trinajstić information content (AvgIpc) is 3.73. The first-order valence-electron chi connectivity index (χ1n) is 22.2. The standard InChI is InChI=1S/C45H74N6O8S/c1-9-23-59-39(27-38(30(4)5)51(29-57-11-3)44(54)40(31(6)10-2)49-42(53)37-16-12-14-22-50(37)8)43-48-36(28-60-43)41(52)47-34(25-32(7)45(55)56)26-33-17-19-35(20-18-33)58-24-15-13-21-46/h17-20,28,30-32,34,37-40H,9-16,21-27,29,46H2,1-8H3,(H,47,52)(H,49,53)(H,55,56). The molecule has 1 aliphatic heterocycles. The number of nitrogens with zero attached hydrogens (tertiary/aromatic N) is 3. The SMILES string of the molecule is CCCOC(CC(C(C)C)N(COCC)C(=O)C(NC(=O)C1CCCCN1C)C(C)CC)c1nc(C(=O)NC(Cc2ccc(OCCCCN)cc2)CC(C)C(=O)O)cs1. The lowest BCUT2D eigenvalue weighted by Gasteiger charge is -2.40. The normalized spacial score (nSPS) is 17.6. The van der Waals surface area contributed by atoms with Crippen LogP contribution in [-0.2, 0) is 30.3 Å². The van der Waals surface area contributed by atoms with Gasteiger partial charge in [-0.25, -0.2) is 4.98 Å². The van der Waals surface area contributed by atoms with Crippen molar-refractivity contribution in [2.75, 3.05) is 46.7 Å². The van der Waals surface area contributed by atoms with Crippen molar-refractivity contribution in [1.82, 2.24) is 25.4 Å². The molecule has 7 atom stereocenters. The van der Waals surface area contributed by atoms with Gasteiger partial charge < -0.3 is 40.6 Å². The van der Waals surface area contributed by atoms with Gasteiger partial charge in [-0.1, -0.05) is 66.5 Å². The summed E-state index contributed by atoms with van der Waals surface area (Å²) in [5.41, 5.74) is 6.73. The van der Waals surface area contributed by atoms with Gasteiger partial charge in [0.1, 0.15) is 35.3 Å². The van der Waals surface area contributed by atoms with Gasteiger partial charge in [-0.2, -0.15) is 0 Å². The quantitative estimate of drug-likeness (QED) is 0.0546. The van der Waals surface area contributed by atoms with Crippen molar-refractivity contribution >= 4 is 35.0 Å². The number of piperidine rings is 1. The van der Waals surface area contributed by atoms with Gasteiger partial charge in [0.15, 0.2) is 0 Å². The molecule has 1 saturated heterocycles. The highest BCUT2D eigenvalue weighted by molar-refractivity contribution is 7.09. The molecule has 338 valence electrons. The Balaban J connectivity index is 1.85. The number of thiazole rings is 1. The summed E-state index contributed by atoms with van der Waals surface area (Å²) in [5.74, 6) is -1.74. The molecule has 5 N–H and O–H groups in total. The number of aromatic nitrogens is 1. The molecular formula is C45H74N6O8S. The molecule has 1 fully saturated rings. The molecule has 2 aromatic rings. The molecule has 14 nitrogen and oxygen atoms in total. The summed E-state index contributed by atoms with van der Waals surface area (Å²) < 4.78 is 18.2. The monoisotopic (exact) mass is 859 g/mol. The zero-order valence-electron chi connectivity index (χ0n) is 37.5. The summed E-state index contributed by atoms with van der Waals surface area (Å²) in [6.07, 6.45) is 6.50. The van der Waals surface area contributed by atoms with Gasteiger partial charge in [0, 0.05) is 37.1 Å². The number of ether oxygens (including phenoxy) is 3. The van der Waals surface area contributed by atoms with Crippen LogP contribution in [0.15, 0.2) is 29.6 Å². The van der Waals surface area contributed by atoms with Gasteiger partial charge in [0.25, 0.3) is 5.91 Å². The van der Waals surface area contributed by atoms with Gasteiger partial charge >= 0.3 is 5.97 Å². The molecule has 1 aromatic heterocycles. The Morgan fingerprint density at radius 3 is 2.37 bits per heavy atom. The summed E-state index contributed by atoms with van der Waals surface area (Å²) in [7, 11) is 1.96. The number of amides is 3. The molecule has 60 heavy (non-hydrogen) atoms. The molecule has 1 aliphatic rings. The number of aliphatic carboxylic acids is 1. The van der Waals surface area contributed by atoms with E-state index in [9.17, 15) is 24.3 Å². The molecule has 2 heterocycles. The van der Waals surface area contributed by atoms with Gasteiger partial charge in [0.2, 0.25) is 11.8 Å². The fraction of sp³-hybridized carbons (Fsp3) is 0.711. The first-order valence-corrected chi connectivity index (χ1v) is 23.0. The van der Waals surface area contributed by atoms with E-state index in [2.05, 4.69) is 29.4 Å². The van der Waals surface area contributed by atoms with Crippen molar-refractivity contribution in [3.05, 3.63) is 45.9 Å². The van der Waals surface area contributed by atoms with E-state index in [0.29, 0.717) is 50.6 Å². The van der Waals surface area contributed by atoms with E-state index in [0.717, 1.165) is 56.4 Å². The van der Waals surface area contributed by atoms with E-state index in [-0.39, 0.29) is 54.6 Å². The maximum atomic E-state index is 14.7. The maximum absolute atomic E-state index is 14.7. The minimum Gasteiger partial charge on any atom is -0.494 e. The minimum absolute atomic E-state index is 0.0172. The van der Waals surface area contributed by atoms with E-state index in [1.54, 1.807) is 17.2 Å². The second-order valence-corrected chi connectivity index (χ2v) is 17.5. The third kappa shape index (κ3) is 16.0. The molecule has 0 aliphatic carbocycles. The zero-order chi connectivity index (χ0) is 44.2. The van der Waals surface area contributed by atoms with Crippen LogP contribution in [0.4, 0.5) is 0 Å². The van der Waals surface area contributed by atoms with Crippen LogP contribution in [0.3, 0.4) is 0 Å². The summed E-state index contributed by atoms with van der Waals surface area (Å²) in [6, 6.07) is 5.78. The lowest BCUT2D eigenvalue weighted by atomic mass is 9.92. The van der Waals surface area contributed by atoms with Crippen LogP contribution in [0, 0.1) is 17.8 Å². The third-order valence-corrected chi connectivity index (χ3v) is 12.4. The Morgan fingerprint density at radius 2 is 1.75 bits per heavy atom. The van der Waals surface area contributed by atoms with Crippen molar-refractivity contribution in [3.8, 4) is 5.75 Å². The van der Waals surface area contributed by atoms with E-state index in [4.69, 9.17) is 24.9 Å². The summed E-state index contributed by atoms with van der Waals surface area (Å²) in [5, 5.41) is 18.3. The number of carbonyl (C=O) groups is 4. The Labute approximate surface area is 362 Å². The number of benzene rings is 1. The van der Waals surface area contributed by atoms with Gasteiger partial charge in [-0.15, -0.1) is 11.3 Å². The molecule has 3 rings (SSSR count). The molecule has 1 aromatic carbocycles. The molecule has 0 spiro atoms. The largest absolute Gasteiger partial charge is 0.494 e. The van der Waals surface area contributed by atoms with Crippen molar-refractivity contribution in [1.29, 1.82) is 0 Å². The number of rotatable bonds is 28. The predicted octanol–water partition coefficient (Wildman–Crippen LogP) is 6.43. The molecule has 0 saturated carbocycles. The van der Waals surface area contributed by atoms with Gasteiger partial charge in [0.05, 0.1) is 18.6 Å². The fourth-order valence-corrected chi connectivity index (χ4v) is 8.33. The van der Waals surface area contributed by atoms with Crippen LogP contribution in [0.5, 0.6) is 5.75 Å². The number of likely N-dealkylation sites (N-methyl/N-ethyl adjacent to an activating group) is 1. The van der Waals surface area contributed by atoms with Crippen molar-refractivity contribution in [3.63, 3.8) is 0 Å².